The first-order valence-corrected chi connectivity index (χ1v) is 11.3. The second-order valence-corrected chi connectivity index (χ2v) is 13.4. The molecule has 2 rings (SSSR count). The first kappa shape index (κ1) is 17.1. The number of hydrogen-bond donors (Lipinski definition) is 1. The van der Waals surface area contributed by atoms with Gasteiger partial charge in [0, 0.05) is 5.41 Å². The van der Waals surface area contributed by atoms with Crippen LogP contribution in [0.3, 0.4) is 0 Å². The summed E-state index contributed by atoms with van der Waals surface area (Å²) in [6.07, 6.45) is 7.04. The van der Waals surface area contributed by atoms with Gasteiger partial charge in [-0.15, -0.1) is 5.92 Å². The third-order valence-corrected chi connectivity index (χ3v) is 10.3. The van der Waals surface area contributed by atoms with E-state index in [-0.39, 0.29) is 10.5 Å². The Labute approximate surface area is 131 Å². The first-order valence-electron chi connectivity index (χ1n) is 8.42. The van der Waals surface area contributed by atoms with E-state index in [1.165, 1.54) is 19.3 Å². The molecule has 1 atom stereocenters. The van der Waals surface area contributed by atoms with Gasteiger partial charge in [-0.1, -0.05) is 40.0 Å². The van der Waals surface area contributed by atoms with Crippen LogP contribution in [0.15, 0.2) is 0 Å². The predicted molar refractivity (Wildman–Crippen MR) is 90.3 cm³/mol. The maximum Gasteiger partial charge on any atom is 0.227 e. The Hall–Kier alpha value is -0.303. The van der Waals surface area contributed by atoms with Crippen LogP contribution in [0.5, 0.6) is 0 Å². The molecule has 2 saturated carbocycles. The molecule has 1 N–H and O–H groups in total. The molecular formula is C18H32O2Si. The van der Waals surface area contributed by atoms with Gasteiger partial charge in [-0.3, -0.25) is 0 Å². The van der Waals surface area contributed by atoms with Gasteiger partial charge in [-0.2, -0.15) is 0 Å². The van der Waals surface area contributed by atoms with Gasteiger partial charge in [0.05, 0.1) is 0 Å². The maximum atomic E-state index is 11.4. The summed E-state index contributed by atoms with van der Waals surface area (Å²) in [5.41, 5.74) is -0.118. The third kappa shape index (κ3) is 3.23. The Balaban J connectivity index is 2.28. The van der Waals surface area contributed by atoms with Crippen LogP contribution in [0.2, 0.25) is 18.1 Å². The van der Waals surface area contributed by atoms with Crippen LogP contribution < -0.4 is 0 Å². The van der Waals surface area contributed by atoms with E-state index >= 15 is 0 Å². The van der Waals surface area contributed by atoms with E-state index < -0.39 is 14.1 Å². The van der Waals surface area contributed by atoms with Crippen molar-refractivity contribution in [1.29, 1.82) is 0 Å². The van der Waals surface area contributed by atoms with Gasteiger partial charge >= 0.3 is 0 Å². The average Bonchev–Trinajstić information content (AvgIpc) is 3.04. The molecule has 120 valence electrons. The van der Waals surface area contributed by atoms with Crippen LogP contribution in [0.25, 0.3) is 0 Å². The summed E-state index contributed by atoms with van der Waals surface area (Å²) in [6.45, 7) is 12.9. The molecule has 2 nitrogen and oxygen atoms in total. The van der Waals surface area contributed by atoms with E-state index in [0.717, 1.165) is 25.2 Å². The lowest BCUT2D eigenvalue weighted by molar-refractivity contribution is -0.219. The zero-order valence-electron chi connectivity index (χ0n) is 14.7. The van der Waals surface area contributed by atoms with Crippen LogP contribution in [0.4, 0.5) is 0 Å². The lowest BCUT2D eigenvalue weighted by Gasteiger charge is -2.54. The third-order valence-electron chi connectivity index (χ3n) is 5.91. The normalized spacial score (nSPS) is 24.5. The summed E-state index contributed by atoms with van der Waals surface area (Å²) < 4.78 is 6.49. The second-order valence-electron chi connectivity index (χ2n) is 8.66. The summed E-state index contributed by atoms with van der Waals surface area (Å²) in [5.74, 6) is 5.57. The standard InChI is InChI=1S/C18H32O2Si/c1-7-11-18(19,20-21(5,6)16(2,3)4)17(12-8-13-17)14-15-9-10-15/h15,19H,8-10,12-14H2,1-6H3. The molecule has 0 amide bonds. The molecule has 1 unspecified atom stereocenters. The van der Waals surface area contributed by atoms with E-state index in [0.29, 0.717) is 0 Å². The largest absolute Gasteiger partial charge is 0.380 e. The highest BCUT2D eigenvalue weighted by atomic mass is 28.4. The number of rotatable bonds is 5. The SMILES string of the molecule is CC#CC(O)(O[Si](C)(C)C(C)(C)C)C1(CC2CC2)CCC1. The Morgan fingerprint density at radius 2 is 1.81 bits per heavy atom. The van der Waals surface area contributed by atoms with Crippen molar-refractivity contribution >= 4 is 8.32 Å². The van der Waals surface area contributed by atoms with Crippen LogP contribution in [0.1, 0.15) is 66.2 Å². The zero-order valence-corrected chi connectivity index (χ0v) is 15.7. The molecule has 2 fully saturated rings. The van der Waals surface area contributed by atoms with Gasteiger partial charge in [0.15, 0.2) is 8.32 Å². The maximum absolute atomic E-state index is 11.4. The molecule has 0 aromatic carbocycles. The fraction of sp³-hybridized carbons (Fsp3) is 0.889. The van der Waals surface area contributed by atoms with Gasteiger partial charge in [0.25, 0.3) is 0 Å². The van der Waals surface area contributed by atoms with E-state index in [1.54, 1.807) is 0 Å². The zero-order chi connectivity index (χ0) is 15.9. The van der Waals surface area contributed by atoms with E-state index in [4.69, 9.17) is 4.43 Å². The minimum Gasteiger partial charge on any atom is -0.380 e. The van der Waals surface area contributed by atoms with Crippen LogP contribution in [-0.2, 0) is 4.43 Å². The molecule has 0 aromatic rings. The topological polar surface area (TPSA) is 29.5 Å². The molecular weight excluding hydrogens is 276 g/mol. The quantitative estimate of drug-likeness (QED) is 0.453. The van der Waals surface area contributed by atoms with Gasteiger partial charge in [-0.25, -0.2) is 0 Å². The smallest absolute Gasteiger partial charge is 0.227 e. The molecule has 0 aromatic heterocycles. The van der Waals surface area contributed by atoms with Crippen molar-refractivity contribution in [2.24, 2.45) is 11.3 Å². The predicted octanol–water partition coefficient (Wildman–Crippen LogP) is 4.69. The summed E-state index contributed by atoms with van der Waals surface area (Å²) >= 11 is 0. The van der Waals surface area contributed by atoms with Crippen molar-refractivity contribution in [3.8, 4) is 11.8 Å². The first-order chi connectivity index (χ1) is 9.55. The van der Waals surface area contributed by atoms with E-state index in [2.05, 4.69) is 45.7 Å². The highest BCUT2D eigenvalue weighted by Gasteiger charge is 2.59. The van der Waals surface area contributed by atoms with Gasteiger partial charge < -0.3 is 9.53 Å². The highest BCUT2D eigenvalue weighted by molar-refractivity contribution is 6.74. The summed E-state index contributed by atoms with van der Waals surface area (Å²) in [4.78, 5) is 0. The molecule has 0 aliphatic heterocycles. The van der Waals surface area contributed by atoms with Crippen LogP contribution >= 0.6 is 0 Å². The molecule has 0 spiro atoms. The molecule has 21 heavy (non-hydrogen) atoms. The minimum atomic E-state index is -2.05. The monoisotopic (exact) mass is 308 g/mol. The Kier molecular flexibility index (Phi) is 4.39. The second kappa shape index (κ2) is 5.40. The van der Waals surface area contributed by atoms with Crippen molar-refractivity contribution in [2.45, 2.75) is 90.1 Å². The van der Waals surface area contributed by atoms with Crippen LogP contribution in [0, 0.1) is 23.2 Å². The number of hydrogen-bond acceptors (Lipinski definition) is 2. The molecule has 2 aliphatic carbocycles. The summed E-state index contributed by atoms with van der Waals surface area (Å²) in [7, 11) is -2.05. The molecule has 0 radical (unpaired) electrons. The Morgan fingerprint density at radius 1 is 1.24 bits per heavy atom. The molecule has 2 aliphatic rings. The average molecular weight is 309 g/mol. The fourth-order valence-electron chi connectivity index (χ4n) is 3.12. The lowest BCUT2D eigenvalue weighted by atomic mass is 9.60. The van der Waals surface area contributed by atoms with Crippen molar-refractivity contribution in [3.63, 3.8) is 0 Å². The lowest BCUT2D eigenvalue weighted by Crippen LogP contribution is -2.60. The molecule has 0 bridgehead atoms. The Bertz CT molecular complexity index is 444. The van der Waals surface area contributed by atoms with Gasteiger partial charge in [0.1, 0.15) is 0 Å². The van der Waals surface area contributed by atoms with Gasteiger partial charge in [0.2, 0.25) is 5.79 Å². The van der Waals surface area contributed by atoms with E-state index in [1.807, 2.05) is 6.92 Å². The van der Waals surface area contributed by atoms with Crippen molar-refractivity contribution in [3.05, 3.63) is 0 Å². The minimum absolute atomic E-state index is 0.0842. The molecule has 0 saturated heterocycles. The van der Waals surface area contributed by atoms with Crippen molar-refractivity contribution in [2.75, 3.05) is 0 Å². The summed E-state index contributed by atoms with van der Waals surface area (Å²) in [6, 6.07) is 0. The summed E-state index contributed by atoms with van der Waals surface area (Å²) in [5, 5.41) is 11.5. The van der Waals surface area contributed by atoms with Crippen LogP contribution in [-0.4, -0.2) is 19.2 Å². The molecule has 0 heterocycles. The van der Waals surface area contributed by atoms with Gasteiger partial charge in [-0.05, 0) is 56.2 Å². The van der Waals surface area contributed by atoms with E-state index in [9.17, 15) is 5.11 Å². The van der Waals surface area contributed by atoms with Crippen molar-refractivity contribution < 1.29 is 9.53 Å². The Morgan fingerprint density at radius 3 is 2.14 bits per heavy atom. The molecule has 3 heteroatoms. The number of aliphatic hydroxyl groups is 1. The fourth-order valence-corrected chi connectivity index (χ4v) is 4.43. The highest BCUT2D eigenvalue weighted by Crippen LogP contribution is 2.58. The van der Waals surface area contributed by atoms with Crippen molar-refractivity contribution in [1.82, 2.24) is 0 Å².